The minimum absolute atomic E-state index is 0.167. The van der Waals surface area contributed by atoms with Crippen LogP contribution in [0.2, 0.25) is 0 Å². The maximum absolute atomic E-state index is 11.6. The van der Waals surface area contributed by atoms with E-state index in [0.29, 0.717) is 13.0 Å². The average Bonchev–Trinajstić information content (AvgIpc) is 3.26. The number of hydrogen-bond acceptors (Lipinski definition) is 6. The van der Waals surface area contributed by atoms with Gasteiger partial charge in [-0.25, -0.2) is 9.42 Å². The molecule has 0 spiro atoms. The monoisotopic (exact) mass is 367 g/mol. The van der Waals surface area contributed by atoms with Crippen molar-refractivity contribution in [2.45, 2.75) is 38.4 Å². The van der Waals surface area contributed by atoms with Gasteiger partial charge in [-0.2, -0.15) is 5.10 Å². The number of likely N-dealkylation sites (N-methyl/N-ethyl adjacent to an activating group) is 1. The molecule has 0 saturated carbocycles. The topological polar surface area (TPSA) is 97.3 Å². The number of carboxylic acid groups (broad SMARTS) is 1. The fourth-order valence-electron chi connectivity index (χ4n) is 3.83. The molecular weight excluding hydrogens is 346 g/mol. The third-order valence-corrected chi connectivity index (χ3v) is 5.20. The maximum atomic E-state index is 11.6. The third kappa shape index (κ3) is 3.23. The summed E-state index contributed by atoms with van der Waals surface area (Å²) in [5.41, 5.74) is 4.64. The summed E-state index contributed by atoms with van der Waals surface area (Å²) in [6, 6.07) is 6.14. The summed E-state index contributed by atoms with van der Waals surface area (Å²) in [7, 11) is 2.06. The maximum Gasteiger partial charge on any atom is 0.356 e. The Morgan fingerprint density at radius 2 is 2.26 bits per heavy atom. The molecule has 0 amide bonds. The molecule has 1 N–H and O–H groups in total. The molecule has 1 aliphatic carbocycles. The Hall–Kier alpha value is -3.00. The molecule has 0 unspecified atom stereocenters. The lowest BCUT2D eigenvalue weighted by atomic mass is 9.90. The Morgan fingerprint density at radius 3 is 3.04 bits per heavy atom. The van der Waals surface area contributed by atoms with Gasteiger partial charge in [-0.05, 0) is 54.3 Å². The second-order valence-corrected chi connectivity index (χ2v) is 6.95. The van der Waals surface area contributed by atoms with Gasteiger partial charge in [-0.3, -0.25) is 9.58 Å². The Labute approximate surface area is 156 Å². The number of carbonyl (C=O) groups is 1. The second-order valence-electron chi connectivity index (χ2n) is 6.95. The summed E-state index contributed by atoms with van der Waals surface area (Å²) in [6.45, 7) is 5.01. The lowest BCUT2D eigenvalue weighted by Crippen LogP contribution is -2.36. The summed E-state index contributed by atoms with van der Waals surface area (Å²) in [5.74, 6) is -0.971. The van der Waals surface area contributed by atoms with Gasteiger partial charge in [0, 0.05) is 23.8 Å². The van der Waals surface area contributed by atoms with Crippen LogP contribution in [0, 0.1) is 0 Å². The summed E-state index contributed by atoms with van der Waals surface area (Å²) in [4.78, 5) is 13.9. The SMILES string of the molecule is C=CCn1nc(C(=O)O)c2c1CC[C@H](N(C)Cc1ccc3nonc3c1)C2. The van der Waals surface area contributed by atoms with Gasteiger partial charge in [0.2, 0.25) is 0 Å². The number of nitrogens with zero attached hydrogens (tertiary/aromatic N) is 5. The van der Waals surface area contributed by atoms with Crippen molar-refractivity contribution in [1.82, 2.24) is 25.0 Å². The number of aromatic nitrogens is 4. The third-order valence-electron chi connectivity index (χ3n) is 5.20. The molecule has 1 aliphatic rings. The molecule has 3 aromatic rings. The van der Waals surface area contributed by atoms with Crippen molar-refractivity contribution in [3.8, 4) is 0 Å². The number of fused-ring (bicyclic) bond motifs is 2. The number of carboxylic acids is 1. The molecule has 0 saturated heterocycles. The molecule has 2 aromatic heterocycles. The summed E-state index contributed by atoms with van der Waals surface area (Å²) >= 11 is 0. The largest absolute Gasteiger partial charge is 0.476 e. The minimum Gasteiger partial charge on any atom is -0.476 e. The van der Waals surface area contributed by atoms with Gasteiger partial charge < -0.3 is 5.11 Å². The van der Waals surface area contributed by atoms with E-state index in [0.717, 1.165) is 47.2 Å². The fourth-order valence-corrected chi connectivity index (χ4v) is 3.83. The van der Waals surface area contributed by atoms with E-state index in [4.69, 9.17) is 4.63 Å². The van der Waals surface area contributed by atoms with Crippen LogP contribution in [-0.4, -0.2) is 49.2 Å². The highest BCUT2D eigenvalue weighted by Crippen LogP contribution is 2.28. The molecule has 27 heavy (non-hydrogen) atoms. The summed E-state index contributed by atoms with van der Waals surface area (Å²) in [5, 5.41) is 21.5. The van der Waals surface area contributed by atoms with Gasteiger partial charge in [0.15, 0.2) is 5.69 Å². The van der Waals surface area contributed by atoms with Crippen molar-refractivity contribution in [2.75, 3.05) is 7.05 Å². The standard InChI is InChI=1S/C19H21N5O3/c1-3-8-24-17-7-5-13(10-14(17)18(20-24)19(25)26)23(2)11-12-4-6-15-16(9-12)22-27-21-15/h3-4,6,9,13H,1,5,7-8,10-11H2,2H3,(H,25,26)/t13-/m0/s1. The van der Waals surface area contributed by atoms with Crippen LogP contribution in [0.25, 0.3) is 11.0 Å². The van der Waals surface area contributed by atoms with Crippen molar-refractivity contribution in [2.24, 2.45) is 0 Å². The van der Waals surface area contributed by atoms with E-state index in [9.17, 15) is 9.90 Å². The van der Waals surface area contributed by atoms with E-state index < -0.39 is 5.97 Å². The van der Waals surface area contributed by atoms with Crippen LogP contribution in [0.15, 0.2) is 35.5 Å². The molecule has 140 valence electrons. The van der Waals surface area contributed by atoms with Crippen molar-refractivity contribution in [3.05, 3.63) is 53.4 Å². The van der Waals surface area contributed by atoms with Crippen LogP contribution in [0.5, 0.6) is 0 Å². The van der Waals surface area contributed by atoms with E-state index in [2.05, 4.69) is 33.9 Å². The Morgan fingerprint density at radius 1 is 1.44 bits per heavy atom. The Bertz CT molecular complexity index is 1010. The zero-order valence-electron chi connectivity index (χ0n) is 15.1. The van der Waals surface area contributed by atoms with E-state index in [1.54, 1.807) is 10.8 Å². The predicted octanol–water partition coefficient (Wildman–Crippen LogP) is 2.29. The van der Waals surface area contributed by atoms with Gasteiger partial charge in [-0.1, -0.05) is 12.1 Å². The number of benzene rings is 1. The van der Waals surface area contributed by atoms with Gasteiger partial charge in [0.25, 0.3) is 0 Å². The van der Waals surface area contributed by atoms with Crippen molar-refractivity contribution < 1.29 is 14.5 Å². The molecule has 0 bridgehead atoms. The number of allylic oxidation sites excluding steroid dienone is 1. The van der Waals surface area contributed by atoms with E-state index in [1.165, 1.54) is 0 Å². The van der Waals surface area contributed by atoms with Crippen LogP contribution >= 0.6 is 0 Å². The first kappa shape index (κ1) is 17.4. The molecule has 8 heteroatoms. The number of hydrogen-bond donors (Lipinski definition) is 1. The minimum atomic E-state index is -0.971. The molecule has 4 rings (SSSR count). The molecule has 2 heterocycles. The lowest BCUT2D eigenvalue weighted by Gasteiger charge is -2.31. The Kier molecular flexibility index (Phi) is 4.49. The van der Waals surface area contributed by atoms with Crippen molar-refractivity contribution in [3.63, 3.8) is 0 Å². The first-order valence-electron chi connectivity index (χ1n) is 8.91. The summed E-state index contributed by atoms with van der Waals surface area (Å²) < 4.78 is 6.52. The molecular formula is C19H21N5O3. The van der Waals surface area contributed by atoms with Crippen molar-refractivity contribution >= 4 is 17.0 Å². The molecule has 0 fully saturated rings. The van der Waals surface area contributed by atoms with E-state index in [-0.39, 0.29) is 11.7 Å². The quantitative estimate of drug-likeness (QED) is 0.668. The van der Waals surface area contributed by atoms with Crippen LogP contribution in [0.4, 0.5) is 0 Å². The zero-order valence-corrected chi connectivity index (χ0v) is 15.1. The molecule has 0 aliphatic heterocycles. The van der Waals surface area contributed by atoms with E-state index in [1.807, 2.05) is 18.2 Å². The van der Waals surface area contributed by atoms with Gasteiger partial charge in [0.05, 0.1) is 6.54 Å². The normalized spacial score (nSPS) is 16.6. The highest BCUT2D eigenvalue weighted by molar-refractivity contribution is 5.87. The van der Waals surface area contributed by atoms with Crippen LogP contribution in [-0.2, 0) is 25.9 Å². The summed E-state index contributed by atoms with van der Waals surface area (Å²) in [6.07, 6.45) is 4.19. The highest BCUT2D eigenvalue weighted by Gasteiger charge is 2.30. The smallest absolute Gasteiger partial charge is 0.356 e. The van der Waals surface area contributed by atoms with E-state index >= 15 is 0 Å². The number of aromatic carboxylic acids is 1. The van der Waals surface area contributed by atoms with Crippen LogP contribution < -0.4 is 0 Å². The average molecular weight is 367 g/mol. The van der Waals surface area contributed by atoms with Gasteiger partial charge in [-0.15, -0.1) is 6.58 Å². The molecule has 1 atom stereocenters. The van der Waals surface area contributed by atoms with Crippen LogP contribution in [0.3, 0.4) is 0 Å². The van der Waals surface area contributed by atoms with Crippen molar-refractivity contribution in [1.29, 1.82) is 0 Å². The second kappa shape index (κ2) is 6.96. The number of rotatable bonds is 6. The first-order chi connectivity index (χ1) is 13.1. The Balaban J connectivity index is 1.54. The van der Waals surface area contributed by atoms with Crippen LogP contribution in [0.1, 0.15) is 33.7 Å². The molecule has 0 radical (unpaired) electrons. The lowest BCUT2D eigenvalue weighted by molar-refractivity contribution is 0.0687. The fraction of sp³-hybridized carbons (Fsp3) is 0.368. The zero-order chi connectivity index (χ0) is 19.0. The highest BCUT2D eigenvalue weighted by atomic mass is 16.6. The molecule has 8 nitrogen and oxygen atoms in total. The predicted molar refractivity (Wildman–Crippen MR) is 98.5 cm³/mol. The first-order valence-corrected chi connectivity index (χ1v) is 8.91. The van der Waals surface area contributed by atoms with Gasteiger partial charge in [0.1, 0.15) is 11.0 Å². The molecule has 1 aromatic carbocycles. The van der Waals surface area contributed by atoms with Gasteiger partial charge >= 0.3 is 5.97 Å².